The first-order valence-electron chi connectivity index (χ1n) is 6.79. The molecule has 1 aromatic rings. The Kier molecular flexibility index (Phi) is 6.45. The van der Waals surface area contributed by atoms with E-state index in [4.69, 9.17) is 0 Å². The van der Waals surface area contributed by atoms with Crippen LogP contribution in [0.5, 0.6) is 0 Å². The zero-order valence-corrected chi connectivity index (χ0v) is 13.1. The Bertz CT molecular complexity index is 434. The van der Waals surface area contributed by atoms with Crippen LogP contribution in [0.3, 0.4) is 0 Å². The lowest BCUT2D eigenvalue weighted by Gasteiger charge is -2.35. The van der Waals surface area contributed by atoms with Crippen molar-refractivity contribution in [2.24, 2.45) is 7.05 Å². The molecule has 1 aromatic heterocycles. The topological polar surface area (TPSA) is 62.2 Å². The summed E-state index contributed by atoms with van der Waals surface area (Å²) in [7, 11) is 1.99. The maximum atomic E-state index is 11.9. The summed E-state index contributed by atoms with van der Waals surface area (Å²) < 4.78 is 2.02. The second kappa shape index (κ2) is 7.61. The van der Waals surface area contributed by atoms with Crippen molar-refractivity contribution in [3.8, 4) is 0 Å². The monoisotopic (exact) mass is 301 g/mol. The molecule has 0 aromatic carbocycles. The maximum absolute atomic E-state index is 11.9. The van der Waals surface area contributed by atoms with Crippen LogP contribution in [-0.4, -0.2) is 52.6 Å². The van der Waals surface area contributed by atoms with E-state index in [1.54, 1.807) is 6.20 Å². The van der Waals surface area contributed by atoms with Crippen molar-refractivity contribution in [3.05, 3.63) is 18.2 Å². The van der Waals surface area contributed by atoms with Crippen molar-refractivity contribution in [2.75, 3.05) is 26.2 Å². The van der Waals surface area contributed by atoms with Gasteiger partial charge in [0.15, 0.2) is 0 Å². The lowest BCUT2D eigenvalue weighted by atomic mass is 10.1. The molecule has 0 spiro atoms. The first-order chi connectivity index (χ1) is 9.08. The molecule has 2 heterocycles. The average molecular weight is 302 g/mol. The minimum atomic E-state index is 0. The second-order valence-corrected chi connectivity index (χ2v) is 5.31. The number of carbonyl (C=O) groups is 1. The summed E-state index contributed by atoms with van der Waals surface area (Å²) in [5.41, 5.74) is 0. The molecule has 7 heteroatoms. The number of imidazole rings is 1. The van der Waals surface area contributed by atoms with Gasteiger partial charge in [0.05, 0.1) is 12.6 Å². The van der Waals surface area contributed by atoms with Crippen molar-refractivity contribution >= 4 is 18.3 Å². The number of halogens is 1. The van der Waals surface area contributed by atoms with E-state index in [1.807, 2.05) is 31.7 Å². The summed E-state index contributed by atoms with van der Waals surface area (Å²) in [5.74, 6) is 1.08. The van der Waals surface area contributed by atoms with Gasteiger partial charge in [-0.2, -0.15) is 0 Å². The summed E-state index contributed by atoms with van der Waals surface area (Å²) in [6.07, 6.45) is 3.74. The SMILES string of the molecule is CC(C)NC(=O)CN1CCNCC1c1nccn1C.Cl. The predicted octanol–water partition coefficient (Wildman–Crippen LogP) is 0.313. The summed E-state index contributed by atoms with van der Waals surface area (Å²) in [4.78, 5) is 18.5. The molecule has 1 aliphatic rings. The number of hydrogen-bond acceptors (Lipinski definition) is 4. The third-order valence-electron chi connectivity index (χ3n) is 3.31. The van der Waals surface area contributed by atoms with E-state index < -0.39 is 0 Å². The fraction of sp³-hybridized carbons (Fsp3) is 0.692. The van der Waals surface area contributed by atoms with Crippen LogP contribution in [0.15, 0.2) is 12.4 Å². The van der Waals surface area contributed by atoms with Gasteiger partial charge in [-0.1, -0.05) is 0 Å². The normalized spacial score (nSPS) is 19.7. The smallest absolute Gasteiger partial charge is 0.234 e. The van der Waals surface area contributed by atoms with Crippen LogP contribution in [0.25, 0.3) is 0 Å². The molecular weight excluding hydrogens is 278 g/mol. The quantitative estimate of drug-likeness (QED) is 0.840. The Hall–Kier alpha value is -1.11. The number of nitrogens with zero attached hydrogens (tertiary/aromatic N) is 3. The van der Waals surface area contributed by atoms with Gasteiger partial charge in [0.2, 0.25) is 5.91 Å². The van der Waals surface area contributed by atoms with Gasteiger partial charge in [-0.15, -0.1) is 12.4 Å². The fourth-order valence-corrected chi connectivity index (χ4v) is 2.44. The zero-order valence-electron chi connectivity index (χ0n) is 12.3. The van der Waals surface area contributed by atoms with E-state index in [9.17, 15) is 4.79 Å². The fourth-order valence-electron chi connectivity index (χ4n) is 2.44. The molecular formula is C13H24ClN5O. The Labute approximate surface area is 126 Å². The maximum Gasteiger partial charge on any atom is 0.234 e. The highest BCUT2D eigenvalue weighted by Gasteiger charge is 2.28. The molecule has 1 atom stereocenters. The number of amides is 1. The Morgan fingerprint density at radius 1 is 1.60 bits per heavy atom. The largest absolute Gasteiger partial charge is 0.353 e. The first-order valence-corrected chi connectivity index (χ1v) is 6.79. The van der Waals surface area contributed by atoms with Crippen molar-refractivity contribution in [1.82, 2.24) is 25.1 Å². The van der Waals surface area contributed by atoms with E-state index in [-0.39, 0.29) is 30.4 Å². The van der Waals surface area contributed by atoms with Gasteiger partial charge in [-0.05, 0) is 13.8 Å². The third kappa shape index (κ3) is 4.19. The molecule has 0 radical (unpaired) electrons. The molecule has 1 amide bonds. The van der Waals surface area contributed by atoms with Crippen LogP contribution in [-0.2, 0) is 11.8 Å². The molecule has 0 bridgehead atoms. The Morgan fingerprint density at radius 3 is 2.95 bits per heavy atom. The molecule has 1 aliphatic heterocycles. The molecule has 2 N–H and O–H groups in total. The number of hydrogen-bond donors (Lipinski definition) is 2. The molecule has 20 heavy (non-hydrogen) atoms. The summed E-state index contributed by atoms with van der Waals surface area (Å²) in [5, 5.41) is 6.31. The number of aromatic nitrogens is 2. The minimum absolute atomic E-state index is 0. The van der Waals surface area contributed by atoms with Gasteiger partial charge in [0.1, 0.15) is 5.82 Å². The van der Waals surface area contributed by atoms with Crippen LogP contribution in [0, 0.1) is 0 Å². The molecule has 2 rings (SSSR count). The lowest BCUT2D eigenvalue weighted by molar-refractivity contribution is -0.123. The summed E-state index contributed by atoms with van der Waals surface area (Å²) in [6, 6.07) is 0.341. The predicted molar refractivity (Wildman–Crippen MR) is 80.9 cm³/mol. The van der Waals surface area contributed by atoms with Crippen LogP contribution >= 0.6 is 12.4 Å². The van der Waals surface area contributed by atoms with Gasteiger partial charge in [-0.25, -0.2) is 4.98 Å². The Morgan fingerprint density at radius 2 is 2.35 bits per heavy atom. The van der Waals surface area contributed by atoms with E-state index >= 15 is 0 Å². The number of rotatable bonds is 4. The molecule has 1 fully saturated rings. The van der Waals surface area contributed by atoms with E-state index in [0.29, 0.717) is 6.54 Å². The standard InChI is InChI=1S/C13H23N5O.ClH/c1-10(2)16-12(19)9-18-7-4-14-8-11(18)13-15-5-6-17(13)3;/h5-6,10-11,14H,4,7-9H2,1-3H3,(H,16,19);1H. The van der Waals surface area contributed by atoms with Crippen LogP contribution in [0.2, 0.25) is 0 Å². The highest BCUT2D eigenvalue weighted by molar-refractivity contribution is 5.85. The highest BCUT2D eigenvalue weighted by atomic mass is 35.5. The van der Waals surface area contributed by atoms with Crippen molar-refractivity contribution in [1.29, 1.82) is 0 Å². The van der Waals surface area contributed by atoms with Crippen molar-refractivity contribution in [2.45, 2.75) is 25.9 Å². The van der Waals surface area contributed by atoms with E-state index in [1.165, 1.54) is 0 Å². The Balaban J connectivity index is 0.00000200. The van der Waals surface area contributed by atoms with E-state index in [0.717, 1.165) is 25.5 Å². The molecule has 0 aliphatic carbocycles. The van der Waals surface area contributed by atoms with Crippen LogP contribution < -0.4 is 10.6 Å². The molecule has 6 nitrogen and oxygen atoms in total. The van der Waals surface area contributed by atoms with Crippen LogP contribution in [0.1, 0.15) is 25.7 Å². The van der Waals surface area contributed by atoms with Gasteiger partial charge >= 0.3 is 0 Å². The molecule has 0 saturated carbocycles. The van der Waals surface area contributed by atoms with Crippen molar-refractivity contribution < 1.29 is 4.79 Å². The lowest BCUT2D eigenvalue weighted by Crippen LogP contribution is -2.50. The number of piperazine rings is 1. The average Bonchev–Trinajstić information content (AvgIpc) is 2.75. The zero-order chi connectivity index (χ0) is 13.8. The highest BCUT2D eigenvalue weighted by Crippen LogP contribution is 2.19. The van der Waals surface area contributed by atoms with Crippen molar-refractivity contribution in [3.63, 3.8) is 0 Å². The van der Waals surface area contributed by atoms with Gasteiger partial charge in [0, 0.05) is 45.1 Å². The number of aryl methyl sites for hydroxylation is 1. The van der Waals surface area contributed by atoms with Gasteiger partial charge in [-0.3, -0.25) is 9.69 Å². The van der Waals surface area contributed by atoms with Crippen LogP contribution in [0.4, 0.5) is 0 Å². The van der Waals surface area contributed by atoms with E-state index in [2.05, 4.69) is 20.5 Å². The molecule has 114 valence electrons. The summed E-state index contributed by atoms with van der Waals surface area (Å²) in [6.45, 7) is 6.99. The minimum Gasteiger partial charge on any atom is -0.353 e. The first kappa shape index (κ1) is 16.9. The number of nitrogens with one attached hydrogen (secondary N) is 2. The summed E-state index contributed by atoms with van der Waals surface area (Å²) >= 11 is 0. The third-order valence-corrected chi connectivity index (χ3v) is 3.31. The van der Waals surface area contributed by atoms with Gasteiger partial charge < -0.3 is 15.2 Å². The van der Waals surface area contributed by atoms with Gasteiger partial charge in [0.25, 0.3) is 0 Å². The molecule has 1 saturated heterocycles. The number of carbonyl (C=O) groups excluding carboxylic acids is 1. The second-order valence-electron chi connectivity index (χ2n) is 5.31. The molecule has 1 unspecified atom stereocenters.